The van der Waals surface area contributed by atoms with Crippen LogP contribution in [0, 0.1) is 0 Å². The number of sulfonamides is 1. The lowest BCUT2D eigenvalue weighted by Crippen LogP contribution is -2.14. The predicted octanol–water partition coefficient (Wildman–Crippen LogP) is 3.10. The van der Waals surface area contributed by atoms with Gasteiger partial charge in [0.25, 0.3) is 10.0 Å². The molecule has 0 fully saturated rings. The highest BCUT2D eigenvalue weighted by atomic mass is 32.2. The second-order valence-electron chi connectivity index (χ2n) is 6.29. The van der Waals surface area contributed by atoms with Crippen LogP contribution >= 0.6 is 0 Å². The van der Waals surface area contributed by atoms with Crippen LogP contribution in [0.2, 0.25) is 0 Å². The summed E-state index contributed by atoms with van der Waals surface area (Å²) < 4.78 is 32.2. The first-order valence-electron chi connectivity index (χ1n) is 8.68. The molecule has 0 radical (unpaired) electrons. The van der Waals surface area contributed by atoms with Gasteiger partial charge in [-0.05, 0) is 42.0 Å². The minimum Gasteiger partial charge on any atom is -0.494 e. The Hall–Kier alpha value is -3.46. The fourth-order valence-electron chi connectivity index (χ4n) is 2.37. The van der Waals surface area contributed by atoms with Gasteiger partial charge >= 0.3 is 0 Å². The molecule has 0 saturated carbocycles. The summed E-state index contributed by atoms with van der Waals surface area (Å²) in [4.78, 5) is 14.3. The SMILES string of the molecule is COc1cnc(NS(=O)(=O)c2ccc(N=Cc3ccc(N(C)C)cc3)cc2)nc1. The van der Waals surface area contributed by atoms with Crippen LogP contribution in [-0.2, 0) is 10.0 Å². The van der Waals surface area contributed by atoms with E-state index < -0.39 is 10.0 Å². The number of rotatable bonds is 7. The largest absolute Gasteiger partial charge is 0.494 e. The molecule has 29 heavy (non-hydrogen) atoms. The molecule has 0 aliphatic carbocycles. The number of anilines is 2. The summed E-state index contributed by atoms with van der Waals surface area (Å²) in [6, 6.07) is 14.2. The number of benzene rings is 2. The van der Waals surface area contributed by atoms with Gasteiger partial charge in [0.1, 0.15) is 0 Å². The molecule has 0 aliphatic heterocycles. The Bertz CT molecular complexity index is 1080. The van der Waals surface area contributed by atoms with Crippen molar-refractivity contribution in [2.24, 2.45) is 4.99 Å². The molecule has 0 unspecified atom stereocenters. The Morgan fingerprint density at radius 1 is 1.00 bits per heavy atom. The molecule has 0 amide bonds. The minimum absolute atomic E-state index is 0.0333. The Morgan fingerprint density at radius 2 is 1.62 bits per heavy atom. The van der Waals surface area contributed by atoms with Crippen LogP contribution in [0.1, 0.15) is 5.56 Å². The number of hydrogen-bond donors (Lipinski definition) is 1. The zero-order chi connectivity index (χ0) is 20.9. The number of hydrogen-bond acceptors (Lipinski definition) is 7. The minimum atomic E-state index is -3.80. The van der Waals surface area contributed by atoms with Crippen molar-refractivity contribution in [3.63, 3.8) is 0 Å². The first-order chi connectivity index (χ1) is 13.9. The fourth-order valence-corrected chi connectivity index (χ4v) is 3.33. The second-order valence-corrected chi connectivity index (χ2v) is 7.97. The third-order valence-electron chi connectivity index (χ3n) is 4.01. The van der Waals surface area contributed by atoms with Crippen LogP contribution in [0.25, 0.3) is 0 Å². The normalized spacial score (nSPS) is 11.4. The smallest absolute Gasteiger partial charge is 0.264 e. The zero-order valence-corrected chi connectivity index (χ0v) is 17.1. The molecule has 3 aromatic rings. The van der Waals surface area contributed by atoms with Gasteiger partial charge in [-0.2, -0.15) is 0 Å². The third-order valence-corrected chi connectivity index (χ3v) is 5.35. The van der Waals surface area contributed by atoms with Gasteiger partial charge < -0.3 is 9.64 Å². The van der Waals surface area contributed by atoms with Crippen molar-refractivity contribution in [1.82, 2.24) is 9.97 Å². The molecule has 150 valence electrons. The van der Waals surface area contributed by atoms with Gasteiger partial charge in [0.15, 0.2) is 5.75 Å². The topological polar surface area (TPSA) is 96.8 Å². The molecule has 0 saturated heterocycles. The lowest BCUT2D eigenvalue weighted by molar-refractivity contribution is 0.411. The number of aliphatic imine (C=N–C) groups is 1. The maximum absolute atomic E-state index is 12.5. The molecule has 9 heteroatoms. The summed E-state index contributed by atoms with van der Waals surface area (Å²) >= 11 is 0. The van der Waals surface area contributed by atoms with Crippen molar-refractivity contribution in [2.75, 3.05) is 30.8 Å². The second kappa shape index (κ2) is 8.70. The molecule has 8 nitrogen and oxygen atoms in total. The lowest BCUT2D eigenvalue weighted by Gasteiger charge is -2.11. The predicted molar refractivity (Wildman–Crippen MR) is 114 cm³/mol. The average Bonchev–Trinajstić information content (AvgIpc) is 2.73. The molecule has 1 heterocycles. The molecule has 0 spiro atoms. The Balaban J connectivity index is 1.69. The standard InChI is InChI=1S/C20H21N5O3S/c1-25(2)17-8-4-15(5-9-17)12-21-16-6-10-19(11-7-16)29(26,27)24-20-22-13-18(28-3)14-23-20/h4-14H,1-3H3,(H,22,23,24). The van der Waals surface area contributed by atoms with Gasteiger partial charge in [0.05, 0.1) is 30.1 Å². The van der Waals surface area contributed by atoms with E-state index in [0.29, 0.717) is 11.4 Å². The highest BCUT2D eigenvalue weighted by Crippen LogP contribution is 2.19. The van der Waals surface area contributed by atoms with Crippen molar-refractivity contribution in [1.29, 1.82) is 0 Å². The highest BCUT2D eigenvalue weighted by molar-refractivity contribution is 7.92. The van der Waals surface area contributed by atoms with Gasteiger partial charge in [-0.15, -0.1) is 0 Å². The van der Waals surface area contributed by atoms with E-state index in [9.17, 15) is 8.42 Å². The maximum Gasteiger partial charge on any atom is 0.264 e. The van der Waals surface area contributed by atoms with Gasteiger partial charge in [-0.1, -0.05) is 12.1 Å². The summed E-state index contributed by atoms with van der Waals surface area (Å²) in [5.41, 5.74) is 2.69. The van der Waals surface area contributed by atoms with Crippen LogP contribution in [-0.4, -0.2) is 45.8 Å². The van der Waals surface area contributed by atoms with E-state index in [0.717, 1.165) is 11.3 Å². The number of methoxy groups -OCH3 is 1. The van der Waals surface area contributed by atoms with Crippen LogP contribution in [0.4, 0.5) is 17.3 Å². The zero-order valence-electron chi connectivity index (χ0n) is 16.3. The maximum atomic E-state index is 12.5. The summed E-state index contributed by atoms with van der Waals surface area (Å²) in [6.07, 6.45) is 4.49. The van der Waals surface area contributed by atoms with Crippen LogP contribution < -0.4 is 14.4 Å². The first-order valence-corrected chi connectivity index (χ1v) is 10.2. The lowest BCUT2D eigenvalue weighted by atomic mass is 10.2. The molecule has 3 rings (SSSR count). The summed E-state index contributed by atoms with van der Waals surface area (Å²) in [6.45, 7) is 0. The van der Waals surface area contributed by atoms with Crippen molar-refractivity contribution < 1.29 is 13.2 Å². The Morgan fingerprint density at radius 3 is 2.17 bits per heavy atom. The van der Waals surface area contributed by atoms with Gasteiger partial charge in [0, 0.05) is 26.0 Å². The van der Waals surface area contributed by atoms with E-state index in [-0.39, 0.29) is 10.8 Å². The average molecular weight is 411 g/mol. The molecule has 0 bridgehead atoms. The third kappa shape index (κ3) is 5.29. The molecule has 1 aromatic heterocycles. The molecule has 0 aliphatic rings. The van der Waals surface area contributed by atoms with Crippen molar-refractivity contribution in [2.45, 2.75) is 4.90 Å². The number of aromatic nitrogens is 2. The molecular formula is C20H21N5O3S. The summed E-state index contributed by atoms with van der Waals surface area (Å²) in [7, 11) is 1.64. The number of nitrogens with zero attached hydrogens (tertiary/aromatic N) is 4. The Kier molecular flexibility index (Phi) is 6.08. The van der Waals surface area contributed by atoms with E-state index >= 15 is 0 Å². The summed E-state index contributed by atoms with van der Waals surface area (Å²) in [5.74, 6) is 0.403. The highest BCUT2D eigenvalue weighted by Gasteiger charge is 2.15. The fraction of sp³-hybridized carbons (Fsp3) is 0.150. The van der Waals surface area contributed by atoms with E-state index in [1.54, 1.807) is 18.3 Å². The van der Waals surface area contributed by atoms with E-state index in [1.165, 1.54) is 31.6 Å². The van der Waals surface area contributed by atoms with Crippen molar-refractivity contribution in [3.05, 3.63) is 66.5 Å². The monoisotopic (exact) mass is 411 g/mol. The number of ether oxygens (including phenoxy) is 1. The molecule has 0 atom stereocenters. The van der Waals surface area contributed by atoms with E-state index in [4.69, 9.17) is 4.74 Å². The van der Waals surface area contributed by atoms with E-state index in [2.05, 4.69) is 19.7 Å². The Labute approximate surface area is 170 Å². The van der Waals surface area contributed by atoms with Crippen LogP contribution in [0.15, 0.2) is 70.8 Å². The van der Waals surface area contributed by atoms with E-state index in [1.807, 2.05) is 43.3 Å². The molecule has 1 N–H and O–H groups in total. The van der Waals surface area contributed by atoms with Gasteiger partial charge in [-0.3, -0.25) is 4.99 Å². The van der Waals surface area contributed by atoms with Gasteiger partial charge in [0.2, 0.25) is 5.95 Å². The van der Waals surface area contributed by atoms with Crippen LogP contribution in [0.5, 0.6) is 5.75 Å². The molecular weight excluding hydrogens is 390 g/mol. The number of nitrogens with one attached hydrogen (secondary N) is 1. The summed E-state index contributed by atoms with van der Waals surface area (Å²) in [5, 5.41) is 0. The van der Waals surface area contributed by atoms with Crippen molar-refractivity contribution in [3.8, 4) is 5.75 Å². The van der Waals surface area contributed by atoms with Crippen molar-refractivity contribution >= 4 is 33.6 Å². The van der Waals surface area contributed by atoms with Crippen LogP contribution in [0.3, 0.4) is 0 Å². The first kappa shape index (κ1) is 20.3. The quantitative estimate of drug-likeness (QED) is 0.600. The molecule has 2 aromatic carbocycles. The van der Waals surface area contributed by atoms with Gasteiger partial charge in [-0.25, -0.2) is 23.1 Å².